The van der Waals surface area contributed by atoms with Gasteiger partial charge in [0.05, 0.1) is 12.7 Å². The zero-order valence-corrected chi connectivity index (χ0v) is 14.0. The SMILES string of the molecule is COc1ccccc1CC(C)(C)C(=O)Nc1ccc(C(=O)O)cc1. The fourth-order valence-electron chi connectivity index (χ4n) is 2.40. The summed E-state index contributed by atoms with van der Waals surface area (Å²) >= 11 is 0. The van der Waals surface area contributed by atoms with Crippen LogP contribution in [0.5, 0.6) is 5.75 Å². The third-order valence-electron chi connectivity index (χ3n) is 3.83. The highest BCUT2D eigenvalue weighted by Crippen LogP contribution is 2.29. The first-order chi connectivity index (χ1) is 11.3. The number of carboxylic acid groups (broad SMARTS) is 1. The van der Waals surface area contributed by atoms with Gasteiger partial charge < -0.3 is 15.2 Å². The van der Waals surface area contributed by atoms with Gasteiger partial charge in [0, 0.05) is 11.1 Å². The summed E-state index contributed by atoms with van der Waals surface area (Å²) in [6.07, 6.45) is 0.524. The number of carbonyl (C=O) groups is 2. The highest BCUT2D eigenvalue weighted by atomic mass is 16.5. The van der Waals surface area contributed by atoms with E-state index in [1.807, 2.05) is 38.1 Å². The number of amides is 1. The number of nitrogens with one attached hydrogen (secondary N) is 1. The molecular formula is C19H21NO4. The van der Waals surface area contributed by atoms with Gasteiger partial charge in [0.1, 0.15) is 5.75 Å². The molecule has 5 heteroatoms. The van der Waals surface area contributed by atoms with Crippen LogP contribution < -0.4 is 10.1 Å². The minimum atomic E-state index is -0.996. The molecule has 0 aliphatic heterocycles. The van der Waals surface area contributed by atoms with Crippen LogP contribution >= 0.6 is 0 Å². The summed E-state index contributed by atoms with van der Waals surface area (Å²) in [4.78, 5) is 23.4. The van der Waals surface area contributed by atoms with E-state index >= 15 is 0 Å². The number of methoxy groups -OCH3 is 1. The van der Waals surface area contributed by atoms with Gasteiger partial charge >= 0.3 is 5.97 Å². The number of hydrogen-bond acceptors (Lipinski definition) is 3. The van der Waals surface area contributed by atoms with Gasteiger partial charge in [-0.25, -0.2) is 4.79 Å². The number of hydrogen-bond donors (Lipinski definition) is 2. The van der Waals surface area contributed by atoms with Gasteiger partial charge in [0.25, 0.3) is 0 Å². The van der Waals surface area contributed by atoms with Gasteiger partial charge in [-0.2, -0.15) is 0 Å². The number of para-hydroxylation sites is 1. The first-order valence-corrected chi connectivity index (χ1v) is 7.60. The number of carbonyl (C=O) groups excluding carboxylic acids is 1. The minimum Gasteiger partial charge on any atom is -0.496 e. The molecule has 2 rings (SSSR count). The molecule has 0 fully saturated rings. The fourth-order valence-corrected chi connectivity index (χ4v) is 2.40. The molecule has 0 heterocycles. The van der Waals surface area contributed by atoms with E-state index < -0.39 is 11.4 Å². The van der Waals surface area contributed by atoms with E-state index in [1.54, 1.807) is 19.2 Å². The number of carboxylic acids is 1. The zero-order chi connectivity index (χ0) is 17.7. The molecule has 0 aliphatic carbocycles. The van der Waals surface area contributed by atoms with E-state index in [-0.39, 0.29) is 11.5 Å². The van der Waals surface area contributed by atoms with Crippen LogP contribution in [0.4, 0.5) is 5.69 Å². The van der Waals surface area contributed by atoms with Gasteiger partial charge in [-0.05, 0) is 42.3 Å². The monoisotopic (exact) mass is 327 g/mol. The topological polar surface area (TPSA) is 75.6 Å². The summed E-state index contributed by atoms with van der Waals surface area (Å²) in [6.45, 7) is 3.72. The van der Waals surface area contributed by atoms with E-state index in [9.17, 15) is 9.59 Å². The first kappa shape index (κ1) is 17.5. The average Bonchev–Trinajstić information content (AvgIpc) is 2.55. The van der Waals surface area contributed by atoms with Crippen molar-refractivity contribution in [3.05, 3.63) is 59.7 Å². The third kappa shape index (κ3) is 4.13. The highest BCUT2D eigenvalue weighted by molar-refractivity contribution is 5.95. The van der Waals surface area contributed by atoms with Crippen molar-refractivity contribution >= 4 is 17.6 Å². The van der Waals surface area contributed by atoms with E-state index in [0.29, 0.717) is 12.1 Å². The second-order valence-corrected chi connectivity index (χ2v) is 6.21. The van der Waals surface area contributed by atoms with Crippen LogP contribution in [0.25, 0.3) is 0 Å². The molecule has 2 N–H and O–H groups in total. The van der Waals surface area contributed by atoms with Crippen molar-refractivity contribution in [2.75, 3.05) is 12.4 Å². The Morgan fingerprint density at radius 1 is 1.08 bits per heavy atom. The molecule has 2 aromatic rings. The van der Waals surface area contributed by atoms with Crippen LogP contribution in [0.2, 0.25) is 0 Å². The molecule has 0 aromatic heterocycles. The van der Waals surface area contributed by atoms with Crippen molar-refractivity contribution in [3.8, 4) is 5.75 Å². The lowest BCUT2D eigenvalue weighted by atomic mass is 9.84. The number of aromatic carboxylic acids is 1. The van der Waals surface area contributed by atoms with Crippen molar-refractivity contribution in [2.24, 2.45) is 5.41 Å². The van der Waals surface area contributed by atoms with Crippen molar-refractivity contribution in [3.63, 3.8) is 0 Å². The lowest BCUT2D eigenvalue weighted by Gasteiger charge is -2.24. The minimum absolute atomic E-state index is 0.142. The molecule has 0 aliphatic rings. The van der Waals surface area contributed by atoms with Crippen molar-refractivity contribution in [1.29, 1.82) is 0 Å². The average molecular weight is 327 g/mol. The normalized spacial score (nSPS) is 11.0. The Kier molecular flexibility index (Phi) is 5.24. The summed E-state index contributed by atoms with van der Waals surface area (Å²) in [5, 5.41) is 11.7. The van der Waals surface area contributed by atoms with Gasteiger partial charge in [-0.1, -0.05) is 32.0 Å². The van der Waals surface area contributed by atoms with E-state index in [2.05, 4.69) is 5.32 Å². The maximum Gasteiger partial charge on any atom is 0.335 e. The quantitative estimate of drug-likeness (QED) is 0.850. The van der Waals surface area contributed by atoms with Crippen LogP contribution in [-0.2, 0) is 11.2 Å². The van der Waals surface area contributed by atoms with Crippen LogP contribution in [0, 0.1) is 5.41 Å². The lowest BCUT2D eigenvalue weighted by molar-refractivity contribution is -0.123. The fraction of sp³-hybridized carbons (Fsp3) is 0.263. The summed E-state index contributed by atoms with van der Waals surface area (Å²) in [6, 6.07) is 13.7. The van der Waals surface area contributed by atoms with Gasteiger partial charge in [0.15, 0.2) is 0 Å². The van der Waals surface area contributed by atoms with Gasteiger partial charge in [0.2, 0.25) is 5.91 Å². The molecule has 126 valence electrons. The molecular weight excluding hydrogens is 306 g/mol. The van der Waals surface area contributed by atoms with E-state index in [0.717, 1.165) is 11.3 Å². The highest BCUT2D eigenvalue weighted by Gasteiger charge is 2.29. The first-order valence-electron chi connectivity index (χ1n) is 7.60. The van der Waals surface area contributed by atoms with E-state index in [4.69, 9.17) is 9.84 Å². The largest absolute Gasteiger partial charge is 0.496 e. The number of anilines is 1. The molecule has 0 spiro atoms. The molecule has 0 bridgehead atoms. The summed E-state index contributed by atoms with van der Waals surface area (Å²) in [7, 11) is 1.61. The van der Waals surface area contributed by atoms with Crippen molar-refractivity contribution in [1.82, 2.24) is 0 Å². The van der Waals surface area contributed by atoms with Crippen LogP contribution in [-0.4, -0.2) is 24.1 Å². The molecule has 0 saturated carbocycles. The smallest absolute Gasteiger partial charge is 0.335 e. The number of benzene rings is 2. The second-order valence-electron chi connectivity index (χ2n) is 6.21. The van der Waals surface area contributed by atoms with E-state index in [1.165, 1.54) is 12.1 Å². The van der Waals surface area contributed by atoms with Crippen LogP contribution in [0.15, 0.2) is 48.5 Å². The van der Waals surface area contributed by atoms with Gasteiger partial charge in [-0.3, -0.25) is 4.79 Å². The van der Waals surface area contributed by atoms with Crippen LogP contribution in [0.3, 0.4) is 0 Å². The molecule has 0 unspecified atom stereocenters. The van der Waals surface area contributed by atoms with Crippen LogP contribution in [0.1, 0.15) is 29.8 Å². The Morgan fingerprint density at radius 2 is 1.71 bits per heavy atom. The summed E-state index contributed by atoms with van der Waals surface area (Å²) < 4.78 is 5.34. The molecule has 1 amide bonds. The molecule has 24 heavy (non-hydrogen) atoms. The molecule has 0 radical (unpaired) electrons. The van der Waals surface area contributed by atoms with Crippen molar-refractivity contribution < 1.29 is 19.4 Å². The predicted octanol–water partition coefficient (Wildman–Crippen LogP) is 3.60. The Labute approximate surface area is 141 Å². The molecule has 5 nitrogen and oxygen atoms in total. The molecule has 0 saturated heterocycles. The maximum atomic E-state index is 12.6. The second kappa shape index (κ2) is 7.17. The predicted molar refractivity (Wildman–Crippen MR) is 92.5 cm³/mol. The summed E-state index contributed by atoms with van der Waals surface area (Å²) in [5.74, 6) is -0.384. The molecule has 0 atom stereocenters. The Balaban J connectivity index is 2.11. The Hall–Kier alpha value is -2.82. The van der Waals surface area contributed by atoms with Crippen molar-refractivity contribution in [2.45, 2.75) is 20.3 Å². The number of ether oxygens (including phenoxy) is 1. The maximum absolute atomic E-state index is 12.6. The standard InChI is InChI=1S/C19H21NO4/c1-19(2,12-14-6-4-5-7-16(14)24-3)18(23)20-15-10-8-13(9-11-15)17(21)22/h4-11H,12H2,1-3H3,(H,20,23)(H,21,22). The zero-order valence-electron chi connectivity index (χ0n) is 14.0. The third-order valence-corrected chi connectivity index (χ3v) is 3.83. The Morgan fingerprint density at radius 3 is 2.29 bits per heavy atom. The molecule has 2 aromatic carbocycles. The summed E-state index contributed by atoms with van der Waals surface area (Å²) in [5.41, 5.74) is 1.06. The lowest BCUT2D eigenvalue weighted by Crippen LogP contribution is -2.32. The number of rotatable bonds is 6. The Bertz CT molecular complexity index is 735. The van der Waals surface area contributed by atoms with Gasteiger partial charge in [-0.15, -0.1) is 0 Å².